The number of fused-ring (bicyclic) bond motifs is 2. The van der Waals surface area contributed by atoms with Crippen LogP contribution in [0, 0.1) is 17.8 Å². The molecular formula is C23H30. The average Bonchev–Trinajstić information content (AvgIpc) is 2.70. The second-order valence-corrected chi connectivity index (χ2v) is 9.44. The molecule has 0 heterocycles. The minimum absolute atomic E-state index is 0.276. The molecule has 3 rings (SSSR count). The fourth-order valence-corrected chi connectivity index (χ4v) is 4.33. The van der Waals surface area contributed by atoms with Gasteiger partial charge in [0.1, 0.15) is 0 Å². The zero-order valence-electron chi connectivity index (χ0n) is 15.7. The maximum atomic E-state index is 2.45. The third-order valence-corrected chi connectivity index (χ3v) is 5.28. The molecule has 2 aromatic rings. The Balaban J connectivity index is 2.13. The molecule has 0 radical (unpaired) electrons. The van der Waals surface area contributed by atoms with E-state index in [0.29, 0.717) is 11.8 Å². The molecule has 0 spiro atoms. The normalized spacial score (nSPS) is 20.8. The van der Waals surface area contributed by atoms with Crippen molar-refractivity contribution in [2.24, 2.45) is 10.8 Å². The summed E-state index contributed by atoms with van der Waals surface area (Å²) in [4.78, 5) is 0. The minimum Gasteiger partial charge on any atom is -0.0596 e. The molecule has 0 aliphatic heterocycles. The molecule has 1 aliphatic carbocycles. The topological polar surface area (TPSA) is 0 Å². The number of hydrogen-bond acceptors (Lipinski definition) is 0. The maximum absolute atomic E-state index is 2.45. The summed E-state index contributed by atoms with van der Waals surface area (Å²) >= 11 is 0. The predicted octanol–water partition coefficient (Wildman–Crippen LogP) is 6.94. The summed E-state index contributed by atoms with van der Waals surface area (Å²) in [6, 6.07) is 16.2. The molecule has 2 bridgehead atoms. The molecule has 0 amide bonds. The fraction of sp³-hybridized carbons (Fsp3) is 0.478. The van der Waals surface area contributed by atoms with Gasteiger partial charge in [-0.1, -0.05) is 89.6 Å². The highest BCUT2D eigenvalue weighted by atomic mass is 14.5. The van der Waals surface area contributed by atoms with Gasteiger partial charge in [0.25, 0.3) is 0 Å². The van der Waals surface area contributed by atoms with Crippen LogP contribution in [0.1, 0.15) is 70.1 Å². The van der Waals surface area contributed by atoms with Crippen LogP contribution >= 0.6 is 0 Å². The standard InChI is InChI=1S/C23H30/c1-15-8-10-16(11-9-15)17-12-18-14-19(13-17)21(23(5,6)7)20(18)22(2,3)4/h8-14,20-21H,1-7H3. The van der Waals surface area contributed by atoms with Crippen LogP contribution in [0.25, 0.3) is 11.1 Å². The van der Waals surface area contributed by atoms with E-state index in [4.69, 9.17) is 0 Å². The van der Waals surface area contributed by atoms with Crippen LogP contribution in [0.15, 0.2) is 42.5 Å². The van der Waals surface area contributed by atoms with Crippen LogP contribution in [-0.4, -0.2) is 0 Å². The van der Waals surface area contributed by atoms with Crippen LogP contribution in [0.3, 0.4) is 0 Å². The van der Waals surface area contributed by atoms with Crippen LogP contribution in [0.2, 0.25) is 0 Å². The van der Waals surface area contributed by atoms with E-state index < -0.39 is 0 Å². The van der Waals surface area contributed by atoms with Gasteiger partial charge in [-0.15, -0.1) is 0 Å². The van der Waals surface area contributed by atoms with Gasteiger partial charge in [-0.2, -0.15) is 0 Å². The lowest BCUT2D eigenvalue weighted by molar-refractivity contribution is 0.196. The number of rotatable bonds is 1. The second kappa shape index (κ2) is 5.23. The van der Waals surface area contributed by atoms with Crippen molar-refractivity contribution in [3.05, 3.63) is 59.2 Å². The van der Waals surface area contributed by atoms with E-state index in [1.54, 1.807) is 0 Å². The van der Waals surface area contributed by atoms with Gasteiger partial charge in [-0.05, 0) is 51.8 Å². The molecular weight excluding hydrogens is 276 g/mol. The predicted molar refractivity (Wildman–Crippen MR) is 101 cm³/mol. The van der Waals surface area contributed by atoms with Crippen LogP contribution in [0.5, 0.6) is 0 Å². The molecule has 2 aromatic carbocycles. The average molecular weight is 306 g/mol. The van der Waals surface area contributed by atoms with E-state index in [0.717, 1.165) is 0 Å². The molecule has 0 saturated heterocycles. The number of aryl methyl sites for hydroxylation is 1. The zero-order chi connectivity index (χ0) is 17.0. The highest BCUT2D eigenvalue weighted by Crippen LogP contribution is 2.57. The third-order valence-electron chi connectivity index (χ3n) is 5.28. The van der Waals surface area contributed by atoms with Crippen molar-refractivity contribution in [1.29, 1.82) is 0 Å². The van der Waals surface area contributed by atoms with Gasteiger partial charge in [0.2, 0.25) is 0 Å². The van der Waals surface area contributed by atoms with Crippen molar-refractivity contribution in [3.8, 4) is 11.1 Å². The third kappa shape index (κ3) is 2.96. The van der Waals surface area contributed by atoms with Crippen molar-refractivity contribution in [2.45, 2.75) is 60.3 Å². The Morgan fingerprint density at radius 3 is 1.43 bits per heavy atom. The van der Waals surface area contributed by atoms with Gasteiger partial charge in [0.15, 0.2) is 0 Å². The molecule has 0 saturated carbocycles. The Morgan fingerprint density at radius 1 is 0.609 bits per heavy atom. The molecule has 2 atom stereocenters. The van der Waals surface area contributed by atoms with Crippen molar-refractivity contribution < 1.29 is 0 Å². The molecule has 0 aromatic heterocycles. The molecule has 0 N–H and O–H groups in total. The van der Waals surface area contributed by atoms with E-state index in [9.17, 15) is 0 Å². The SMILES string of the molecule is Cc1ccc(-c2cc3cc(c2)C(C(C)(C)C)C3C(C)(C)C)cc1. The van der Waals surface area contributed by atoms with Gasteiger partial charge >= 0.3 is 0 Å². The quantitative estimate of drug-likeness (QED) is 0.535. The molecule has 122 valence electrons. The lowest BCUT2D eigenvalue weighted by Crippen LogP contribution is -2.29. The molecule has 0 heteroatoms. The summed E-state index contributed by atoms with van der Waals surface area (Å²) in [6.45, 7) is 16.5. The summed E-state index contributed by atoms with van der Waals surface area (Å²) < 4.78 is 0. The Bertz CT molecular complexity index is 667. The maximum Gasteiger partial charge on any atom is -0.00391 e. The van der Waals surface area contributed by atoms with Gasteiger partial charge in [0, 0.05) is 0 Å². The van der Waals surface area contributed by atoms with Crippen LogP contribution in [0.4, 0.5) is 0 Å². The van der Waals surface area contributed by atoms with E-state index >= 15 is 0 Å². The zero-order valence-corrected chi connectivity index (χ0v) is 15.7. The van der Waals surface area contributed by atoms with Crippen LogP contribution < -0.4 is 0 Å². The first-order chi connectivity index (χ1) is 10.6. The number of hydrogen-bond donors (Lipinski definition) is 0. The van der Waals surface area contributed by atoms with Crippen molar-refractivity contribution in [2.75, 3.05) is 0 Å². The highest BCUT2D eigenvalue weighted by molar-refractivity contribution is 5.67. The molecule has 0 nitrogen and oxygen atoms in total. The number of benzene rings is 2. The Morgan fingerprint density at radius 2 is 1.04 bits per heavy atom. The van der Waals surface area contributed by atoms with E-state index in [1.807, 2.05) is 0 Å². The van der Waals surface area contributed by atoms with Crippen LogP contribution in [-0.2, 0) is 0 Å². The van der Waals surface area contributed by atoms with Crippen molar-refractivity contribution in [1.82, 2.24) is 0 Å². The van der Waals surface area contributed by atoms with E-state index in [-0.39, 0.29) is 10.8 Å². The lowest BCUT2D eigenvalue weighted by Gasteiger charge is -2.40. The first kappa shape index (κ1) is 16.3. The summed E-state index contributed by atoms with van der Waals surface area (Å²) in [5.74, 6) is 1.19. The smallest absolute Gasteiger partial charge is 0.00391 e. The summed E-state index contributed by atoms with van der Waals surface area (Å²) in [6.07, 6.45) is 0. The Hall–Kier alpha value is -1.56. The van der Waals surface area contributed by atoms with Crippen molar-refractivity contribution >= 4 is 0 Å². The summed E-state index contributed by atoms with van der Waals surface area (Å²) in [7, 11) is 0. The van der Waals surface area contributed by atoms with E-state index in [1.165, 1.54) is 27.8 Å². The monoisotopic (exact) mass is 306 g/mol. The highest BCUT2D eigenvalue weighted by Gasteiger charge is 2.44. The minimum atomic E-state index is 0.276. The van der Waals surface area contributed by atoms with Gasteiger partial charge in [-0.3, -0.25) is 0 Å². The molecule has 0 fully saturated rings. The Labute approximate surface area is 141 Å². The van der Waals surface area contributed by atoms with Gasteiger partial charge in [-0.25, -0.2) is 0 Å². The van der Waals surface area contributed by atoms with Crippen molar-refractivity contribution in [3.63, 3.8) is 0 Å². The molecule has 1 aliphatic rings. The lowest BCUT2D eigenvalue weighted by atomic mass is 9.64. The van der Waals surface area contributed by atoms with E-state index in [2.05, 4.69) is 90.9 Å². The first-order valence-electron chi connectivity index (χ1n) is 8.79. The fourth-order valence-electron chi connectivity index (χ4n) is 4.33. The Kier molecular flexibility index (Phi) is 3.71. The summed E-state index contributed by atoms with van der Waals surface area (Å²) in [5.41, 5.74) is 7.62. The molecule has 2 unspecified atom stereocenters. The van der Waals surface area contributed by atoms with Gasteiger partial charge < -0.3 is 0 Å². The largest absolute Gasteiger partial charge is 0.0596 e. The first-order valence-corrected chi connectivity index (χ1v) is 8.79. The summed E-state index contributed by atoms with van der Waals surface area (Å²) in [5, 5.41) is 0. The van der Waals surface area contributed by atoms with Gasteiger partial charge in [0.05, 0.1) is 0 Å². The molecule has 23 heavy (non-hydrogen) atoms. The second-order valence-electron chi connectivity index (χ2n) is 9.44.